The van der Waals surface area contributed by atoms with Crippen molar-refractivity contribution in [2.24, 2.45) is 0 Å². The molecule has 0 aliphatic carbocycles. The number of aromatic nitrogens is 1. The molecule has 2 aromatic rings. The molecule has 1 atom stereocenters. The number of pyridine rings is 1. The Hall–Kier alpha value is -2.83. The van der Waals surface area contributed by atoms with E-state index in [1.165, 1.54) is 6.07 Å². The lowest BCUT2D eigenvalue weighted by Crippen LogP contribution is -2.26. The van der Waals surface area contributed by atoms with Crippen LogP contribution in [0.5, 0.6) is 0 Å². The van der Waals surface area contributed by atoms with E-state index in [1.807, 2.05) is 0 Å². The van der Waals surface area contributed by atoms with Crippen LogP contribution in [0.15, 0.2) is 42.7 Å². The molecule has 0 fully saturated rings. The highest BCUT2D eigenvalue weighted by molar-refractivity contribution is 5.94. The van der Waals surface area contributed by atoms with E-state index < -0.39 is 22.3 Å². The number of amides is 1. The van der Waals surface area contributed by atoms with Gasteiger partial charge in [-0.05, 0) is 36.8 Å². The van der Waals surface area contributed by atoms with Gasteiger partial charge in [-0.2, -0.15) is 4.39 Å². The number of hydrogen-bond acceptors (Lipinski definition) is 4. The van der Waals surface area contributed by atoms with Crippen molar-refractivity contribution >= 4 is 11.6 Å². The number of nitrogens with zero attached hydrogens (tertiary/aromatic N) is 2. The fraction of sp³-hybridized carbons (Fsp3) is 0.143. The molecule has 1 N–H and O–H groups in total. The summed E-state index contributed by atoms with van der Waals surface area (Å²) in [6.07, 6.45) is 3.20. The summed E-state index contributed by atoms with van der Waals surface area (Å²) in [5.74, 6) is -1.54. The molecule has 1 unspecified atom stereocenters. The second-order valence-corrected chi connectivity index (χ2v) is 4.40. The van der Waals surface area contributed by atoms with E-state index >= 15 is 0 Å². The molecule has 2 rings (SSSR count). The molecule has 0 radical (unpaired) electrons. The minimum absolute atomic E-state index is 0.0269. The monoisotopic (exact) mass is 289 g/mol. The van der Waals surface area contributed by atoms with Gasteiger partial charge in [0, 0.05) is 24.0 Å². The molecule has 0 saturated heterocycles. The van der Waals surface area contributed by atoms with Crippen molar-refractivity contribution in [2.45, 2.75) is 13.0 Å². The zero-order valence-corrected chi connectivity index (χ0v) is 11.1. The minimum atomic E-state index is -1.04. The van der Waals surface area contributed by atoms with Gasteiger partial charge in [0.1, 0.15) is 0 Å². The Morgan fingerprint density at radius 1 is 1.33 bits per heavy atom. The minimum Gasteiger partial charge on any atom is -0.346 e. The van der Waals surface area contributed by atoms with Crippen molar-refractivity contribution in [3.63, 3.8) is 0 Å². The van der Waals surface area contributed by atoms with Gasteiger partial charge in [0.25, 0.3) is 5.91 Å². The number of rotatable bonds is 4. The van der Waals surface area contributed by atoms with Crippen LogP contribution in [0.1, 0.15) is 28.9 Å². The van der Waals surface area contributed by atoms with Crippen molar-refractivity contribution in [3.8, 4) is 0 Å². The largest absolute Gasteiger partial charge is 0.346 e. The quantitative estimate of drug-likeness (QED) is 0.692. The fourth-order valence-corrected chi connectivity index (χ4v) is 1.81. The summed E-state index contributed by atoms with van der Waals surface area (Å²) in [7, 11) is 0. The van der Waals surface area contributed by atoms with Crippen molar-refractivity contribution in [1.29, 1.82) is 0 Å². The normalized spacial score (nSPS) is 11.7. The Kier molecular flexibility index (Phi) is 4.22. The first-order valence-electron chi connectivity index (χ1n) is 6.14. The predicted octanol–water partition coefficient (Wildman–Crippen LogP) is 2.62. The van der Waals surface area contributed by atoms with Crippen LogP contribution in [0.3, 0.4) is 0 Å². The van der Waals surface area contributed by atoms with Crippen LogP contribution in [-0.2, 0) is 0 Å². The standard InChI is InChI=1S/C14H12FN3O3/c1-9(10-4-6-16-7-5-10)17-14(19)11-2-3-13(18(20)21)12(15)8-11/h2-9H,1H3,(H,17,19). The molecular weight excluding hydrogens is 277 g/mol. The third-order valence-corrected chi connectivity index (χ3v) is 2.96. The predicted molar refractivity (Wildman–Crippen MR) is 73.2 cm³/mol. The number of nitrogens with one attached hydrogen (secondary N) is 1. The van der Waals surface area contributed by atoms with Gasteiger partial charge in [-0.3, -0.25) is 19.9 Å². The van der Waals surface area contributed by atoms with E-state index in [2.05, 4.69) is 10.3 Å². The Balaban J connectivity index is 2.14. The molecule has 6 nitrogen and oxygen atoms in total. The number of nitro groups is 1. The molecule has 1 aromatic carbocycles. The Morgan fingerprint density at radius 2 is 2.00 bits per heavy atom. The van der Waals surface area contributed by atoms with Crippen molar-refractivity contribution in [1.82, 2.24) is 10.3 Å². The fourth-order valence-electron chi connectivity index (χ4n) is 1.81. The van der Waals surface area contributed by atoms with Gasteiger partial charge < -0.3 is 5.32 Å². The van der Waals surface area contributed by atoms with Crippen LogP contribution in [0.25, 0.3) is 0 Å². The topological polar surface area (TPSA) is 85.1 Å². The number of halogens is 1. The summed E-state index contributed by atoms with van der Waals surface area (Å²) in [5, 5.41) is 13.2. The maximum atomic E-state index is 13.5. The smallest absolute Gasteiger partial charge is 0.304 e. The Morgan fingerprint density at radius 3 is 2.57 bits per heavy atom. The number of hydrogen-bond donors (Lipinski definition) is 1. The van der Waals surface area contributed by atoms with Gasteiger partial charge >= 0.3 is 5.69 Å². The van der Waals surface area contributed by atoms with E-state index in [0.717, 1.165) is 17.7 Å². The van der Waals surface area contributed by atoms with E-state index in [1.54, 1.807) is 31.5 Å². The molecule has 1 aromatic heterocycles. The highest BCUT2D eigenvalue weighted by Crippen LogP contribution is 2.19. The highest BCUT2D eigenvalue weighted by Gasteiger charge is 2.18. The molecule has 21 heavy (non-hydrogen) atoms. The summed E-state index contributed by atoms with van der Waals surface area (Å²) >= 11 is 0. The lowest BCUT2D eigenvalue weighted by atomic mass is 10.1. The molecule has 7 heteroatoms. The lowest BCUT2D eigenvalue weighted by molar-refractivity contribution is -0.387. The molecule has 0 aliphatic rings. The van der Waals surface area contributed by atoms with E-state index in [9.17, 15) is 19.3 Å². The molecule has 1 heterocycles. The van der Waals surface area contributed by atoms with Gasteiger partial charge in [0.15, 0.2) is 0 Å². The van der Waals surface area contributed by atoms with E-state index in [0.29, 0.717) is 0 Å². The van der Waals surface area contributed by atoms with Crippen LogP contribution < -0.4 is 5.32 Å². The number of nitro benzene ring substituents is 1. The first kappa shape index (κ1) is 14.6. The van der Waals surface area contributed by atoms with E-state index in [-0.39, 0.29) is 11.6 Å². The second-order valence-electron chi connectivity index (χ2n) is 4.40. The Bertz CT molecular complexity index is 676. The summed E-state index contributed by atoms with van der Waals surface area (Å²) in [4.78, 5) is 25.6. The molecular formula is C14H12FN3O3. The van der Waals surface area contributed by atoms with Gasteiger partial charge in [-0.15, -0.1) is 0 Å². The second kappa shape index (κ2) is 6.08. The first-order chi connectivity index (χ1) is 9.99. The maximum Gasteiger partial charge on any atom is 0.304 e. The summed E-state index contributed by atoms with van der Waals surface area (Å²) < 4.78 is 13.5. The Labute approximate surface area is 119 Å². The SMILES string of the molecule is CC(NC(=O)c1ccc([N+](=O)[O-])c(F)c1)c1ccncc1. The van der Waals surface area contributed by atoms with Crippen LogP contribution in [0, 0.1) is 15.9 Å². The molecule has 0 bridgehead atoms. The number of carbonyl (C=O) groups is 1. The highest BCUT2D eigenvalue weighted by atomic mass is 19.1. The van der Waals surface area contributed by atoms with Crippen molar-refractivity contribution in [2.75, 3.05) is 0 Å². The van der Waals surface area contributed by atoms with Gasteiger partial charge in [-0.1, -0.05) is 0 Å². The number of carbonyl (C=O) groups excluding carboxylic acids is 1. The average Bonchev–Trinajstić information content (AvgIpc) is 2.47. The van der Waals surface area contributed by atoms with Crippen molar-refractivity contribution in [3.05, 3.63) is 69.8 Å². The average molecular weight is 289 g/mol. The van der Waals surface area contributed by atoms with Crippen LogP contribution in [0.4, 0.5) is 10.1 Å². The van der Waals surface area contributed by atoms with Crippen LogP contribution in [0.2, 0.25) is 0 Å². The lowest BCUT2D eigenvalue weighted by Gasteiger charge is -2.14. The summed E-state index contributed by atoms with van der Waals surface area (Å²) in [6, 6.07) is 6.26. The van der Waals surface area contributed by atoms with Crippen LogP contribution >= 0.6 is 0 Å². The molecule has 0 aliphatic heterocycles. The van der Waals surface area contributed by atoms with Crippen LogP contribution in [-0.4, -0.2) is 15.8 Å². The molecule has 0 spiro atoms. The number of benzene rings is 1. The zero-order chi connectivity index (χ0) is 15.4. The zero-order valence-electron chi connectivity index (χ0n) is 11.1. The molecule has 108 valence electrons. The third-order valence-electron chi connectivity index (χ3n) is 2.96. The van der Waals surface area contributed by atoms with Gasteiger partial charge in [0.05, 0.1) is 11.0 Å². The summed E-state index contributed by atoms with van der Waals surface area (Å²) in [6.45, 7) is 1.77. The van der Waals surface area contributed by atoms with E-state index in [4.69, 9.17) is 0 Å². The molecule has 0 saturated carbocycles. The third kappa shape index (κ3) is 3.38. The first-order valence-corrected chi connectivity index (χ1v) is 6.14. The summed E-state index contributed by atoms with van der Waals surface area (Å²) in [5.41, 5.74) is 0.216. The van der Waals surface area contributed by atoms with Gasteiger partial charge in [0.2, 0.25) is 5.82 Å². The van der Waals surface area contributed by atoms with Crippen molar-refractivity contribution < 1.29 is 14.1 Å². The molecule has 1 amide bonds. The maximum absolute atomic E-state index is 13.5. The van der Waals surface area contributed by atoms with Gasteiger partial charge in [-0.25, -0.2) is 0 Å².